The van der Waals surface area contributed by atoms with Gasteiger partial charge in [-0.25, -0.2) is 23.2 Å². The zero-order valence-electron chi connectivity index (χ0n) is 20.4. The van der Waals surface area contributed by atoms with Crippen LogP contribution in [-0.2, 0) is 26.2 Å². The van der Waals surface area contributed by atoms with E-state index in [1.165, 1.54) is 17.6 Å². The molecule has 3 heterocycles. The van der Waals surface area contributed by atoms with E-state index >= 15 is 0 Å². The Kier molecular flexibility index (Phi) is 9.04. The molecule has 0 saturated carbocycles. The Morgan fingerprint density at radius 2 is 2.09 bits per heavy atom. The summed E-state index contributed by atoms with van der Waals surface area (Å²) in [5.74, 6) is 0.254. The molecule has 0 aliphatic carbocycles. The normalized spacial score (nSPS) is 17.7. The number of rotatable bonds is 11. The average molecular weight is 513 g/mol. The molecule has 2 amide bonds. The third-order valence-corrected chi connectivity index (χ3v) is 9.10. The number of urea groups is 1. The molecule has 13 heteroatoms. The van der Waals surface area contributed by atoms with E-state index in [2.05, 4.69) is 40.2 Å². The van der Waals surface area contributed by atoms with Crippen LogP contribution in [0.25, 0.3) is 11.2 Å². The number of hydrogen-bond acceptors (Lipinski definition) is 7. The first-order valence-corrected chi connectivity index (χ1v) is 16.8. The highest BCUT2D eigenvalue weighted by Crippen LogP contribution is 2.16. The summed E-state index contributed by atoms with van der Waals surface area (Å²) in [6, 6.07) is 2.21. The van der Waals surface area contributed by atoms with Crippen molar-refractivity contribution in [2.24, 2.45) is 0 Å². The molecule has 0 aromatic carbocycles. The van der Waals surface area contributed by atoms with E-state index in [0.717, 1.165) is 12.7 Å². The summed E-state index contributed by atoms with van der Waals surface area (Å²) in [5, 5.41) is 5.55. The smallest absolute Gasteiger partial charge is 0.320 e. The number of aromatic nitrogens is 3. The number of amides is 2. The minimum Gasteiger partial charge on any atom is -0.384 e. The highest BCUT2D eigenvalue weighted by molar-refractivity contribution is 7.89. The molecule has 0 radical (unpaired) electrons. The molecule has 1 fully saturated rings. The number of carbonyl (C=O) groups excluding carboxylic acids is 1. The number of ether oxygens (including phenoxy) is 2. The van der Waals surface area contributed by atoms with Gasteiger partial charge in [-0.1, -0.05) is 19.6 Å². The van der Waals surface area contributed by atoms with E-state index in [9.17, 15) is 13.2 Å². The molecule has 2 N–H and O–H groups in total. The van der Waals surface area contributed by atoms with Crippen LogP contribution in [0.15, 0.2) is 18.5 Å². The van der Waals surface area contributed by atoms with Gasteiger partial charge in [0.05, 0.1) is 18.6 Å². The fourth-order valence-electron chi connectivity index (χ4n) is 3.64. The Hall–Kier alpha value is -2.06. The third-order valence-electron chi connectivity index (χ3n) is 5.59. The van der Waals surface area contributed by atoms with Crippen molar-refractivity contribution >= 4 is 41.1 Å². The van der Waals surface area contributed by atoms with E-state index in [-0.39, 0.29) is 24.9 Å². The molecule has 2 aromatic rings. The quantitative estimate of drug-likeness (QED) is 0.349. The maximum absolute atomic E-state index is 12.5. The van der Waals surface area contributed by atoms with Crippen LogP contribution in [0.4, 0.5) is 10.6 Å². The van der Waals surface area contributed by atoms with Gasteiger partial charge < -0.3 is 19.4 Å². The molecular formula is C21H36N6O5SSi. The van der Waals surface area contributed by atoms with Crippen molar-refractivity contribution < 1.29 is 22.7 Å². The van der Waals surface area contributed by atoms with Crippen molar-refractivity contribution in [3.63, 3.8) is 0 Å². The van der Waals surface area contributed by atoms with Crippen LogP contribution in [0, 0.1) is 0 Å². The largest absolute Gasteiger partial charge is 0.384 e. The molecule has 2 aromatic heterocycles. The summed E-state index contributed by atoms with van der Waals surface area (Å²) >= 11 is 0. The number of hydrogen-bond donors (Lipinski definition) is 2. The van der Waals surface area contributed by atoms with Crippen LogP contribution in [0.2, 0.25) is 25.7 Å². The molecule has 0 spiro atoms. The van der Waals surface area contributed by atoms with Gasteiger partial charge in [0.2, 0.25) is 10.0 Å². The molecule has 1 aliphatic rings. The van der Waals surface area contributed by atoms with E-state index in [1.807, 2.05) is 16.8 Å². The maximum atomic E-state index is 12.5. The summed E-state index contributed by atoms with van der Waals surface area (Å²) in [5.41, 5.74) is 1.34. The number of fused-ring (bicyclic) bond motifs is 1. The maximum Gasteiger partial charge on any atom is 0.320 e. The van der Waals surface area contributed by atoms with Crippen molar-refractivity contribution in [1.82, 2.24) is 24.2 Å². The van der Waals surface area contributed by atoms with Gasteiger partial charge in [0.25, 0.3) is 0 Å². The molecule has 34 heavy (non-hydrogen) atoms. The van der Waals surface area contributed by atoms with E-state index < -0.39 is 24.1 Å². The van der Waals surface area contributed by atoms with Gasteiger partial charge in [-0.05, 0) is 25.0 Å². The minimum absolute atomic E-state index is 0.0684. The third kappa shape index (κ3) is 7.73. The van der Waals surface area contributed by atoms with Gasteiger partial charge in [0.15, 0.2) is 11.5 Å². The predicted octanol–water partition coefficient (Wildman–Crippen LogP) is 2.31. The van der Waals surface area contributed by atoms with Crippen LogP contribution in [0.1, 0.15) is 12.8 Å². The second kappa shape index (κ2) is 11.6. The summed E-state index contributed by atoms with van der Waals surface area (Å²) in [4.78, 5) is 21.4. The number of carbonyl (C=O) groups is 1. The fraction of sp³-hybridized carbons (Fsp3) is 0.667. The van der Waals surface area contributed by atoms with Crippen LogP contribution >= 0.6 is 0 Å². The molecule has 1 aliphatic heterocycles. The Morgan fingerprint density at radius 3 is 2.82 bits per heavy atom. The SMILES string of the molecule is COCCS(=O)(=O)N1CCC[C@H](NC(=O)Nc2cnc3c(ccn3COCC[Si](C)(C)C)n2)C1. The van der Waals surface area contributed by atoms with E-state index in [0.29, 0.717) is 43.1 Å². The van der Waals surface area contributed by atoms with Gasteiger partial charge in [-0.3, -0.25) is 5.32 Å². The lowest BCUT2D eigenvalue weighted by atomic mass is 10.1. The van der Waals surface area contributed by atoms with Crippen molar-refractivity contribution in [2.45, 2.75) is 51.3 Å². The van der Waals surface area contributed by atoms with Gasteiger partial charge in [0, 0.05) is 47.1 Å². The predicted molar refractivity (Wildman–Crippen MR) is 134 cm³/mol. The Balaban J connectivity index is 1.52. The second-order valence-corrected chi connectivity index (χ2v) is 17.4. The summed E-state index contributed by atoms with van der Waals surface area (Å²) in [6.07, 6.45) is 4.75. The number of nitrogens with zero attached hydrogens (tertiary/aromatic N) is 4. The lowest BCUT2D eigenvalue weighted by molar-refractivity contribution is 0.0899. The molecule has 11 nitrogen and oxygen atoms in total. The lowest BCUT2D eigenvalue weighted by Gasteiger charge is -2.32. The standard InChI is InChI=1S/C21H36N6O5SSi/c1-31-10-12-33(29,30)27-8-5-6-17(15-27)23-21(28)25-19-14-22-20-18(24-19)7-9-26(20)16-32-11-13-34(2,3)4/h7,9,14,17H,5-6,8,10-13,15-16H2,1-4H3,(H2,23,24,25,28)/t17-/m0/s1. The summed E-state index contributed by atoms with van der Waals surface area (Å²) < 4.78 is 38.8. The van der Waals surface area contributed by atoms with Crippen LogP contribution < -0.4 is 10.6 Å². The van der Waals surface area contributed by atoms with Crippen molar-refractivity contribution in [3.05, 3.63) is 18.5 Å². The molecule has 190 valence electrons. The molecule has 3 rings (SSSR count). The average Bonchev–Trinajstić information content (AvgIpc) is 3.17. The summed E-state index contributed by atoms with van der Waals surface area (Å²) in [6.45, 7) is 8.89. The van der Waals surface area contributed by atoms with Gasteiger partial charge in [-0.2, -0.15) is 4.31 Å². The second-order valence-electron chi connectivity index (χ2n) is 9.70. The number of piperidine rings is 1. The lowest BCUT2D eigenvalue weighted by Crippen LogP contribution is -2.51. The first-order chi connectivity index (χ1) is 16.1. The zero-order chi connectivity index (χ0) is 24.8. The number of methoxy groups -OCH3 is 1. The monoisotopic (exact) mass is 512 g/mol. The van der Waals surface area contributed by atoms with Crippen molar-refractivity contribution in [2.75, 3.05) is 44.5 Å². The van der Waals surface area contributed by atoms with Crippen molar-refractivity contribution in [3.8, 4) is 0 Å². The number of sulfonamides is 1. The highest BCUT2D eigenvalue weighted by Gasteiger charge is 2.29. The Bertz CT molecular complexity index is 1070. The van der Waals surface area contributed by atoms with Crippen molar-refractivity contribution in [1.29, 1.82) is 0 Å². The van der Waals surface area contributed by atoms with E-state index in [4.69, 9.17) is 9.47 Å². The topological polar surface area (TPSA) is 128 Å². The molecular weight excluding hydrogens is 476 g/mol. The Labute approximate surface area is 202 Å². The first-order valence-electron chi connectivity index (χ1n) is 11.5. The molecule has 0 bridgehead atoms. The number of anilines is 1. The summed E-state index contributed by atoms with van der Waals surface area (Å²) in [7, 11) is -3.07. The first kappa shape index (κ1) is 26.5. The van der Waals surface area contributed by atoms with Crippen LogP contribution in [0.5, 0.6) is 0 Å². The van der Waals surface area contributed by atoms with Crippen LogP contribution in [0.3, 0.4) is 0 Å². The number of nitrogens with one attached hydrogen (secondary N) is 2. The van der Waals surface area contributed by atoms with Gasteiger partial charge in [-0.15, -0.1) is 0 Å². The zero-order valence-corrected chi connectivity index (χ0v) is 22.2. The molecule has 0 unspecified atom stereocenters. The minimum atomic E-state index is -3.41. The van der Waals surface area contributed by atoms with Crippen LogP contribution in [-0.4, -0.2) is 86.6 Å². The highest BCUT2D eigenvalue weighted by atomic mass is 32.2. The van der Waals surface area contributed by atoms with E-state index in [1.54, 1.807) is 0 Å². The van der Waals surface area contributed by atoms with Gasteiger partial charge in [0.1, 0.15) is 12.2 Å². The Morgan fingerprint density at radius 1 is 1.29 bits per heavy atom. The molecule has 1 atom stereocenters. The fourth-order valence-corrected chi connectivity index (χ4v) is 5.84. The van der Waals surface area contributed by atoms with Gasteiger partial charge >= 0.3 is 6.03 Å². The molecule has 1 saturated heterocycles.